The first-order valence-electron chi connectivity index (χ1n) is 8.56. The summed E-state index contributed by atoms with van der Waals surface area (Å²) in [7, 11) is 3.81. The van der Waals surface area contributed by atoms with Crippen LogP contribution in [-0.2, 0) is 0 Å². The van der Waals surface area contributed by atoms with Gasteiger partial charge >= 0.3 is 0 Å². The van der Waals surface area contributed by atoms with Crippen molar-refractivity contribution in [3.05, 3.63) is 53.6 Å². The van der Waals surface area contributed by atoms with Crippen molar-refractivity contribution in [2.75, 3.05) is 50.6 Å². The van der Waals surface area contributed by atoms with E-state index in [1.54, 1.807) is 7.11 Å². The number of aryl methyl sites for hydroxylation is 1. The Kier molecular flexibility index (Phi) is 5.24. The largest absolute Gasteiger partial charge is 0.495 e. The predicted molar refractivity (Wildman–Crippen MR) is 102 cm³/mol. The zero-order valence-corrected chi connectivity index (χ0v) is 15.1. The van der Waals surface area contributed by atoms with Crippen LogP contribution in [0.2, 0.25) is 0 Å². The molecule has 0 unspecified atom stereocenters. The molecule has 0 aromatic heterocycles. The Hall–Kier alpha value is -2.53. The van der Waals surface area contributed by atoms with Gasteiger partial charge in [-0.05, 0) is 44.3 Å². The highest BCUT2D eigenvalue weighted by molar-refractivity contribution is 6.04. The number of anilines is 2. The SMILES string of the molecule is COc1ccc(NC(=O)c2cccc(C)c2)cc1N1CCN(C)CC1. The fourth-order valence-electron chi connectivity index (χ4n) is 3.05. The van der Waals surface area contributed by atoms with E-state index in [0.29, 0.717) is 5.56 Å². The van der Waals surface area contributed by atoms with Crippen molar-refractivity contribution in [2.24, 2.45) is 0 Å². The van der Waals surface area contributed by atoms with Crippen LogP contribution in [0.5, 0.6) is 5.75 Å². The van der Waals surface area contributed by atoms with E-state index in [4.69, 9.17) is 4.74 Å². The molecule has 0 spiro atoms. The lowest BCUT2D eigenvalue weighted by molar-refractivity contribution is 0.102. The molecule has 1 aliphatic rings. The first-order chi connectivity index (χ1) is 12.1. The molecule has 0 bridgehead atoms. The number of hydrogen-bond acceptors (Lipinski definition) is 4. The van der Waals surface area contributed by atoms with E-state index in [9.17, 15) is 4.79 Å². The highest BCUT2D eigenvalue weighted by Crippen LogP contribution is 2.32. The zero-order valence-electron chi connectivity index (χ0n) is 15.1. The van der Waals surface area contributed by atoms with Crippen LogP contribution in [-0.4, -0.2) is 51.1 Å². The number of methoxy groups -OCH3 is 1. The second-order valence-electron chi connectivity index (χ2n) is 6.50. The predicted octanol–water partition coefficient (Wildman–Crippen LogP) is 3.01. The maximum Gasteiger partial charge on any atom is 0.255 e. The number of carbonyl (C=O) groups excluding carboxylic acids is 1. The average Bonchev–Trinajstić information content (AvgIpc) is 2.62. The van der Waals surface area contributed by atoms with E-state index >= 15 is 0 Å². The van der Waals surface area contributed by atoms with Crippen molar-refractivity contribution in [3.8, 4) is 5.75 Å². The molecule has 2 aromatic carbocycles. The molecule has 0 atom stereocenters. The van der Waals surface area contributed by atoms with Crippen molar-refractivity contribution < 1.29 is 9.53 Å². The lowest BCUT2D eigenvalue weighted by atomic mass is 10.1. The number of carbonyl (C=O) groups is 1. The highest BCUT2D eigenvalue weighted by Gasteiger charge is 2.18. The second-order valence-corrected chi connectivity index (χ2v) is 6.50. The molecule has 1 amide bonds. The third-order valence-corrected chi connectivity index (χ3v) is 4.56. The molecule has 1 heterocycles. The molecule has 3 rings (SSSR count). The Labute approximate surface area is 149 Å². The number of nitrogens with one attached hydrogen (secondary N) is 1. The van der Waals surface area contributed by atoms with Gasteiger partial charge in [0.2, 0.25) is 0 Å². The molecule has 2 aromatic rings. The Morgan fingerprint density at radius 3 is 2.52 bits per heavy atom. The van der Waals surface area contributed by atoms with E-state index in [0.717, 1.165) is 48.9 Å². The molecule has 25 heavy (non-hydrogen) atoms. The van der Waals surface area contributed by atoms with E-state index in [-0.39, 0.29) is 5.91 Å². The summed E-state index contributed by atoms with van der Waals surface area (Å²) in [6.45, 7) is 5.91. The number of rotatable bonds is 4. The lowest BCUT2D eigenvalue weighted by Gasteiger charge is -2.34. The third kappa shape index (κ3) is 4.12. The molecule has 5 nitrogen and oxygen atoms in total. The molecular weight excluding hydrogens is 314 g/mol. The van der Waals surface area contributed by atoms with Crippen LogP contribution in [0.1, 0.15) is 15.9 Å². The monoisotopic (exact) mass is 339 g/mol. The molecule has 5 heteroatoms. The Bertz CT molecular complexity index is 752. The quantitative estimate of drug-likeness (QED) is 0.930. The van der Waals surface area contributed by atoms with Crippen LogP contribution in [0, 0.1) is 6.92 Å². The van der Waals surface area contributed by atoms with E-state index in [2.05, 4.69) is 22.2 Å². The molecule has 1 aliphatic heterocycles. The molecule has 0 radical (unpaired) electrons. The minimum Gasteiger partial charge on any atom is -0.495 e. The van der Waals surface area contributed by atoms with Gasteiger partial charge in [-0.15, -0.1) is 0 Å². The number of amides is 1. The van der Waals surface area contributed by atoms with Gasteiger partial charge in [0.1, 0.15) is 5.75 Å². The molecule has 132 valence electrons. The van der Waals surface area contributed by atoms with Gasteiger partial charge in [0.05, 0.1) is 12.8 Å². The van der Waals surface area contributed by atoms with Gasteiger partial charge in [-0.3, -0.25) is 4.79 Å². The Morgan fingerprint density at radius 1 is 1.08 bits per heavy atom. The number of ether oxygens (including phenoxy) is 1. The van der Waals surface area contributed by atoms with Crippen LogP contribution in [0.25, 0.3) is 0 Å². The summed E-state index contributed by atoms with van der Waals surface area (Å²) in [5.74, 6) is 0.733. The smallest absolute Gasteiger partial charge is 0.255 e. The van der Waals surface area contributed by atoms with Gasteiger partial charge in [-0.2, -0.15) is 0 Å². The van der Waals surface area contributed by atoms with E-state index in [1.165, 1.54) is 0 Å². The molecule has 0 aliphatic carbocycles. The fourth-order valence-corrected chi connectivity index (χ4v) is 3.05. The summed E-state index contributed by atoms with van der Waals surface area (Å²) in [4.78, 5) is 17.1. The van der Waals surface area contributed by atoms with Crippen molar-refractivity contribution in [3.63, 3.8) is 0 Å². The second kappa shape index (κ2) is 7.57. The van der Waals surface area contributed by atoms with Crippen molar-refractivity contribution in [1.29, 1.82) is 0 Å². The third-order valence-electron chi connectivity index (χ3n) is 4.56. The first kappa shape index (κ1) is 17.3. The Balaban J connectivity index is 1.80. The summed E-state index contributed by atoms with van der Waals surface area (Å²) in [6.07, 6.45) is 0. The molecular formula is C20H25N3O2. The number of likely N-dealkylation sites (N-methyl/N-ethyl adjacent to an activating group) is 1. The zero-order chi connectivity index (χ0) is 17.8. The summed E-state index contributed by atoms with van der Waals surface area (Å²) in [6, 6.07) is 13.4. The van der Waals surface area contributed by atoms with Crippen molar-refractivity contribution in [2.45, 2.75) is 6.92 Å². The van der Waals surface area contributed by atoms with Crippen LogP contribution >= 0.6 is 0 Å². The van der Waals surface area contributed by atoms with Crippen molar-refractivity contribution >= 4 is 17.3 Å². The maximum absolute atomic E-state index is 12.5. The number of nitrogens with zero attached hydrogens (tertiary/aromatic N) is 2. The summed E-state index contributed by atoms with van der Waals surface area (Å²) >= 11 is 0. The van der Waals surface area contributed by atoms with Gasteiger partial charge in [0.25, 0.3) is 5.91 Å². The Morgan fingerprint density at radius 2 is 1.84 bits per heavy atom. The summed E-state index contributed by atoms with van der Waals surface area (Å²) < 4.78 is 5.52. The highest BCUT2D eigenvalue weighted by atomic mass is 16.5. The standard InChI is InChI=1S/C20H25N3O2/c1-15-5-4-6-16(13-15)20(24)21-17-7-8-19(25-3)18(14-17)23-11-9-22(2)10-12-23/h4-8,13-14H,9-12H2,1-3H3,(H,21,24). The first-order valence-corrected chi connectivity index (χ1v) is 8.56. The summed E-state index contributed by atoms with van der Waals surface area (Å²) in [5, 5.41) is 2.99. The summed E-state index contributed by atoms with van der Waals surface area (Å²) in [5.41, 5.74) is 3.54. The van der Waals surface area contributed by atoms with Crippen LogP contribution in [0.15, 0.2) is 42.5 Å². The average molecular weight is 339 g/mol. The van der Waals surface area contributed by atoms with E-state index < -0.39 is 0 Å². The topological polar surface area (TPSA) is 44.8 Å². The minimum absolute atomic E-state index is 0.0989. The number of hydrogen-bond donors (Lipinski definition) is 1. The normalized spacial score (nSPS) is 15.1. The van der Waals surface area contributed by atoms with Gasteiger partial charge in [-0.1, -0.05) is 17.7 Å². The minimum atomic E-state index is -0.0989. The number of piperazine rings is 1. The van der Waals surface area contributed by atoms with Crippen LogP contribution in [0.3, 0.4) is 0 Å². The van der Waals surface area contributed by atoms with Crippen molar-refractivity contribution in [1.82, 2.24) is 4.90 Å². The van der Waals surface area contributed by atoms with Gasteiger partial charge < -0.3 is 19.9 Å². The van der Waals surface area contributed by atoms with Crippen LogP contribution in [0.4, 0.5) is 11.4 Å². The van der Waals surface area contributed by atoms with Gasteiger partial charge in [-0.25, -0.2) is 0 Å². The molecule has 1 fully saturated rings. The van der Waals surface area contributed by atoms with Gasteiger partial charge in [0, 0.05) is 37.4 Å². The van der Waals surface area contributed by atoms with Gasteiger partial charge in [0.15, 0.2) is 0 Å². The molecule has 0 saturated carbocycles. The number of benzene rings is 2. The maximum atomic E-state index is 12.5. The van der Waals surface area contributed by atoms with E-state index in [1.807, 2.05) is 49.4 Å². The molecule has 1 saturated heterocycles. The fraction of sp³-hybridized carbons (Fsp3) is 0.350. The van der Waals surface area contributed by atoms with Crippen LogP contribution < -0.4 is 15.0 Å². The lowest BCUT2D eigenvalue weighted by Crippen LogP contribution is -2.44. The molecule has 1 N–H and O–H groups in total.